The molecular weight excluding hydrogens is 536 g/mol. The van der Waals surface area contributed by atoms with Gasteiger partial charge in [-0.1, -0.05) is 41.9 Å². The summed E-state index contributed by atoms with van der Waals surface area (Å²) >= 11 is 6.52. The predicted octanol–water partition coefficient (Wildman–Crippen LogP) is 5.57. The largest absolute Gasteiger partial charge is 0.371 e. The Kier molecular flexibility index (Phi) is 8.66. The van der Waals surface area contributed by atoms with Crippen LogP contribution in [-0.2, 0) is 10.4 Å². The minimum atomic E-state index is -3.21. The first-order valence-corrected chi connectivity index (χ1v) is 14.7. The predicted molar refractivity (Wildman–Crippen MR) is 152 cm³/mol. The highest BCUT2D eigenvalue weighted by molar-refractivity contribution is 6.34. The third kappa shape index (κ3) is 5.98. The van der Waals surface area contributed by atoms with Crippen LogP contribution in [0.2, 0.25) is 5.02 Å². The molecule has 0 radical (unpaired) electrons. The molecule has 1 unspecified atom stereocenters. The standard InChI is InChI=1S/C31H38ClF2N3O3/c1-35(24-7-8-24)28(38)26-10-9-25(20-27(26)32)36-15-11-21(12-16-36)19-22-13-17-37(18-14-22)30(39)31(40,29(33)34)23-5-3-2-4-6-23/h2-6,9-10,20-22,24,29,40H,7-8,11-19H2,1H3. The van der Waals surface area contributed by atoms with Crippen molar-refractivity contribution in [3.05, 3.63) is 64.7 Å². The SMILES string of the molecule is CN(C(=O)c1ccc(N2CCC(CC3CCN(C(=O)C(O)(c4ccccc4)C(F)F)CC3)CC2)cc1Cl)C1CC1. The monoisotopic (exact) mass is 573 g/mol. The van der Waals surface area contributed by atoms with Gasteiger partial charge in [-0.3, -0.25) is 9.59 Å². The number of rotatable bonds is 8. The third-order valence-corrected chi connectivity index (χ3v) is 9.31. The van der Waals surface area contributed by atoms with Crippen LogP contribution in [-0.4, -0.2) is 72.4 Å². The maximum atomic E-state index is 13.9. The van der Waals surface area contributed by atoms with Crippen LogP contribution in [0, 0.1) is 11.8 Å². The average molecular weight is 574 g/mol. The van der Waals surface area contributed by atoms with Crippen molar-refractivity contribution < 1.29 is 23.5 Å². The fourth-order valence-corrected chi connectivity index (χ4v) is 6.49. The van der Waals surface area contributed by atoms with Gasteiger partial charge in [0.15, 0.2) is 0 Å². The van der Waals surface area contributed by atoms with E-state index in [0.29, 0.717) is 41.6 Å². The molecule has 1 N–H and O–H groups in total. The topological polar surface area (TPSA) is 64.1 Å². The number of benzene rings is 2. The number of carbonyl (C=O) groups excluding carboxylic acids is 2. The molecular formula is C31H38ClF2N3O3. The van der Waals surface area contributed by atoms with E-state index in [4.69, 9.17) is 11.6 Å². The van der Waals surface area contributed by atoms with E-state index in [1.807, 2.05) is 25.2 Å². The van der Waals surface area contributed by atoms with Gasteiger partial charge < -0.3 is 19.8 Å². The highest BCUT2D eigenvalue weighted by Crippen LogP contribution is 2.36. The molecule has 2 saturated heterocycles. The second-order valence-electron chi connectivity index (χ2n) is 11.6. The maximum absolute atomic E-state index is 13.9. The maximum Gasteiger partial charge on any atom is 0.280 e. The number of piperidine rings is 2. The molecule has 1 saturated carbocycles. The zero-order valence-electron chi connectivity index (χ0n) is 22.9. The second-order valence-corrected chi connectivity index (χ2v) is 12.1. The lowest BCUT2D eigenvalue weighted by Crippen LogP contribution is -2.53. The van der Waals surface area contributed by atoms with Crippen molar-refractivity contribution >= 4 is 29.1 Å². The summed E-state index contributed by atoms with van der Waals surface area (Å²) in [6.07, 6.45) is 3.54. The van der Waals surface area contributed by atoms with E-state index in [-0.39, 0.29) is 11.5 Å². The van der Waals surface area contributed by atoms with E-state index in [2.05, 4.69) is 4.90 Å². The smallest absolute Gasteiger partial charge is 0.280 e. The van der Waals surface area contributed by atoms with Gasteiger partial charge in [0.1, 0.15) is 0 Å². The van der Waals surface area contributed by atoms with Crippen molar-refractivity contribution in [2.75, 3.05) is 38.1 Å². The van der Waals surface area contributed by atoms with Gasteiger partial charge in [0.2, 0.25) is 5.60 Å². The summed E-state index contributed by atoms with van der Waals surface area (Å²) in [6, 6.07) is 13.6. The fraction of sp³-hybridized carbons (Fsp3) is 0.548. The van der Waals surface area contributed by atoms with E-state index >= 15 is 0 Å². The Morgan fingerprint density at radius 1 is 0.975 bits per heavy atom. The van der Waals surface area contributed by atoms with E-state index in [9.17, 15) is 23.5 Å². The Hall–Kier alpha value is -2.71. The molecule has 40 heavy (non-hydrogen) atoms. The molecule has 2 aromatic carbocycles. The summed E-state index contributed by atoms with van der Waals surface area (Å²) in [6.45, 7) is 2.58. The van der Waals surface area contributed by atoms with E-state index < -0.39 is 17.9 Å². The number of hydrogen-bond donors (Lipinski definition) is 1. The average Bonchev–Trinajstić information content (AvgIpc) is 3.82. The molecule has 216 valence electrons. The molecule has 2 aromatic rings. The molecule has 0 aromatic heterocycles. The van der Waals surface area contributed by atoms with Crippen LogP contribution in [0.25, 0.3) is 0 Å². The molecule has 0 spiro atoms. The summed E-state index contributed by atoms with van der Waals surface area (Å²) in [5, 5.41) is 11.3. The number of amides is 2. The third-order valence-electron chi connectivity index (χ3n) is 9.00. The van der Waals surface area contributed by atoms with E-state index in [0.717, 1.165) is 63.7 Å². The molecule has 5 rings (SSSR count). The molecule has 3 fully saturated rings. The van der Waals surface area contributed by atoms with Crippen molar-refractivity contribution in [1.29, 1.82) is 0 Å². The van der Waals surface area contributed by atoms with Crippen molar-refractivity contribution in [1.82, 2.24) is 9.80 Å². The van der Waals surface area contributed by atoms with E-state index in [1.165, 1.54) is 17.0 Å². The van der Waals surface area contributed by atoms with Gasteiger partial charge >= 0.3 is 0 Å². The zero-order chi connectivity index (χ0) is 28.4. The van der Waals surface area contributed by atoms with Crippen LogP contribution < -0.4 is 4.90 Å². The van der Waals surface area contributed by atoms with Crippen LogP contribution in [0.4, 0.5) is 14.5 Å². The number of aliphatic hydroxyl groups is 1. The summed E-state index contributed by atoms with van der Waals surface area (Å²) in [5.41, 5.74) is -1.30. The number of nitrogens with zero attached hydrogens (tertiary/aromatic N) is 3. The second kappa shape index (κ2) is 12.0. The Bertz CT molecular complexity index is 1200. The van der Waals surface area contributed by atoms with E-state index in [1.54, 1.807) is 23.1 Å². The minimum absolute atomic E-state index is 0.0237. The van der Waals surface area contributed by atoms with Crippen molar-refractivity contribution in [3.8, 4) is 0 Å². The molecule has 2 amide bonds. The first-order chi connectivity index (χ1) is 19.2. The number of likely N-dealkylation sites (tertiary alicyclic amines) is 1. The van der Waals surface area contributed by atoms with Crippen molar-refractivity contribution in [3.63, 3.8) is 0 Å². The van der Waals surface area contributed by atoms with Crippen LogP contribution in [0.1, 0.15) is 60.9 Å². The summed E-state index contributed by atoms with van der Waals surface area (Å²) in [5.74, 6) is 0.0602. The van der Waals surface area contributed by atoms with Gasteiger partial charge in [-0.2, -0.15) is 0 Å². The Balaban J connectivity index is 1.10. The highest BCUT2D eigenvalue weighted by atomic mass is 35.5. The quantitative estimate of drug-likeness (QED) is 0.448. The fourth-order valence-electron chi connectivity index (χ4n) is 6.24. The lowest BCUT2D eigenvalue weighted by molar-refractivity contribution is -0.173. The Morgan fingerprint density at radius 2 is 1.57 bits per heavy atom. The number of halogens is 3. The van der Waals surface area contributed by atoms with Crippen LogP contribution >= 0.6 is 11.6 Å². The molecule has 2 heterocycles. The lowest BCUT2D eigenvalue weighted by Gasteiger charge is -2.39. The van der Waals surface area contributed by atoms with Gasteiger partial charge in [0, 0.05) is 45.0 Å². The lowest BCUT2D eigenvalue weighted by atomic mass is 9.82. The Labute approximate surface area is 239 Å². The summed E-state index contributed by atoms with van der Waals surface area (Å²) < 4.78 is 27.9. The summed E-state index contributed by atoms with van der Waals surface area (Å²) in [4.78, 5) is 31.3. The number of hydrogen-bond acceptors (Lipinski definition) is 4. The number of anilines is 1. The Morgan fingerprint density at radius 3 is 2.12 bits per heavy atom. The zero-order valence-corrected chi connectivity index (χ0v) is 23.7. The number of alkyl halides is 2. The molecule has 0 bridgehead atoms. The van der Waals surface area contributed by atoms with Gasteiger partial charge in [-0.05, 0) is 80.5 Å². The molecule has 6 nitrogen and oxygen atoms in total. The minimum Gasteiger partial charge on any atom is -0.371 e. The van der Waals surface area contributed by atoms with Gasteiger partial charge in [0.05, 0.1) is 10.6 Å². The molecule has 1 atom stereocenters. The first kappa shape index (κ1) is 28.8. The van der Waals surface area contributed by atoms with Crippen LogP contribution in [0.15, 0.2) is 48.5 Å². The normalized spacial score (nSPS) is 20.4. The molecule has 1 aliphatic carbocycles. The van der Waals surface area contributed by atoms with Gasteiger partial charge in [-0.15, -0.1) is 0 Å². The molecule has 3 aliphatic rings. The van der Waals surface area contributed by atoms with Crippen molar-refractivity contribution in [2.24, 2.45) is 11.8 Å². The summed E-state index contributed by atoms with van der Waals surface area (Å²) in [7, 11) is 1.84. The number of carbonyl (C=O) groups is 2. The van der Waals surface area contributed by atoms with Crippen LogP contribution in [0.5, 0.6) is 0 Å². The van der Waals surface area contributed by atoms with Gasteiger partial charge in [-0.25, -0.2) is 8.78 Å². The van der Waals surface area contributed by atoms with Crippen molar-refractivity contribution in [2.45, 2.75) is 63.0 Å². The molecule has 9 heteroatoms. The molecule has 2 aliphatic heterocycles. The highest BCUT2D eigenvalue weighted by Gasteiger charge is 2.49. The first-order valence-electron chi connectivity index (χ1n) is 14.4. The van der Waals surface area contributed by atoms with Gasteiger partial charge in [0.25, 0.3) is 18.2 Å². The van der Waals surface area contributed by atoms with Crippen LogP contribution in [0.3, 0.4) is 0 Å².